The molecule has 0 aliphatic heterocycles. The molecule has 736 valence electrons. The summed E-state index contributed by atoms with van der Waals surface area (Å²) in [6.45, 7) is 0. The normalized spacial score (nSPS) is 18.0. The van der Waals surface area contributed by atoms with Gasteiger partial charge in [0.15, 0.2) is 0 Å². The molecule has 0 radical (unpaired) electrons. The van der Waals surface area contributed by atoms with Crippen LogP contribution in [0, 0.1) is 0 Å². The Morgan fingerprint density at radius 1 is 0.172 bits per heavy atom. The predicted octanol–water partition coefficient (Wildman–Crippen LogP) is 32.8. The second-order valence-corrected chi connectivity index (χ2v) is 54.5. The molecule has 12 aromatic carbocycles. The number of hydrogen-bond donors (Lipinski definition) is 0. The van der Waals surface area contributed by atoms with Crippen molar-refractivity contribution in [3.05, 3.63) is 338 Å². The summed E-state index contributed by atoms with van der Waals surface area (Å²) in [6.07, 6.45) is 63.6. The van der Waals surface area contributed by atoms with Crippen LogP contribution in [0.15, 0.2) is 316 Å². The fourth-order valence-corrected chi connectivity index (χ4v) is 43.1. The molecule has 4 aromatic heterocycles. The van der Waals surface area contributed by atoms with E-state index in [-0.39, 0.29) is 31.7 Å². The minimum Gasteiger partial charge on any atom is -0.220 e. The molecule has 24 rings (SSSR count). The molecule has 16 aromatic rings. The standard InChI is InChI=1S/C129H140N12P4/c1-9-33-109(34-10-1)142(110-35-11-2-12-36-110)125-53-29-25-49-117(125)93-65-81-105(82-66-93)138-89-121(130-134-138)97-57-73-101(74-58-97)129(102-75-59-98(60-76-102)122-90-139(135-131-122)106-83-67-94(68-84-106)118-50-26-30-54-126(118)143(111-37-13-3-14-38-111)112-39-15-4-16-40-112,103-77-61-99(62-78-103)123-91-140(136-132-123)107-85-69-95(70-86-107)119-51-27-31-55-127(119)144(113-41-17-5-18-42-113)114-43-19-6-20-44-114)104-79-63-100(64-80-104)124-92-141(137-133-124)108-87-71-96(72-88-108)120-52-28-32-56-128(120)145(115-45-21-7-22-46-115)116-47-23-8-24-48-116/h25-32,49-92,109-116H,1-24,33-48H2. The van der Waals surface area contributed by atoms with Crippen LogP contribution in [0.5, 0.6) is 0 Å². The Labute approximate surface area is 864 Å². The van der Waals surface area contributed by atoms with Crippen LogP contribution in [0.3, 0.4) is 0 Å². The van der Waals surface area contributed by atoms with E-state index in [1.54, 1.807) is 21.2 Å². The zero-order valence-corrected chi connectivity index (χ0v) is 88.2. The first-order valence-corrected chi connectivity index (χ1v) is 61.9. The van der Waals surface area contributed by atoms with Gasteiger partial charge in [-0.3, -0.25) is 0 Å². The highest BCUT2D eigenvalue weighted by Gasteiger charge is 2.43. The molecule has 0 atom stereocenters. The first kappa shape index (κ1) is 96.1. The Balaban J connectivity index is 0.578. The molecule has 8 aliphatic carbocycles. The van der Waals surface area contributed by atoms with E-state index in [1.165, 1.54) is 301 Å². The van der Waals surface area contributed by atoms with Crippen molar-refractivity contribution in [1.29, 1.82) is 0 Å². The van der Waals surface area contributed by atoms with Gasteiger partial charge in [-0.05, 0) is 285 Å². The van der Waals surface area contributed by atoms with Crippen LogP contribution >= 0.6 is 31.7 Å². The van der Waals surface area contributed by atoms with E-state index in [0.717, 1.165) is 135 Å². The number of hydrogen-bond acceptors (Lipinski definition) is 8. The van der Waals surface area contributed by atoms with E-state index in [1.807, 2.05) is 18.7 Å². The van der Waals surface area contributed by atoms with Gasteiger partial charge in [0.05, 0.1) is 53.0 Å². The van der Waals surface area contributed by atoms with Crippen molar-refractivity contribution in [3.8, 4) is 112 Å². The topological polar surface area (TPSA) is 123 Å². The summed E-state index contributed by atoms with van der Waals surface area (Å²) in [7, 11) is -1.13. The average molecular weight is 1980 g/mol. The Bertz CT molecular complexity index is 6050. The molecule has 0 unspecified atom stereocenters. The predicted molar refractivity (Wildman–Crippen MR) is 609 cm³/mol. The summed E-state index contributed by atoms with van der Waals surface area (Å²) in [5.74, 6) is 0. The Morgan fingerprint density at radius 3 is 0.503 bits per heavy atom. The quantitative estimate of drug-likeness (QED) is 0.0351. The fraction of sp³-hybridized carbons (Fsp3) is 0.380. The molecule has 4 heterocycles. The van der Waals surface area contributed by atoms with E-state index in [4.69, 9.17) is 41.2 Å². The van der Waals surface area contributed by atoms with Crippen LogP contribution in [0.1, 0.15) is 279 Å². The van der Waals surface area contributed by atoms with Gasteiger partial charge in [-0.25, -0.2) is 18.7 Å². The van der Waals surface area contributed by atoms with Crippen LogP contribution in [-0.2, 0) is 5.41 Å². The lowest BCUT2D eigenvalue weighted by atomic mass is 9.64. The third-order valence-electron chi connectivity index (χ3n) is 34.7. The monoisotopic (exact) mass is 1980 g/mol. The van der Waals surface area contributed by atoms with Crippen molar-refractivity contribution >= 4 is 52.9 Å². The van der Waals surface area contributed by atoms with Crippen molar-refractivity contribution in [3.63, 3.8) is 0 Å². The highest BCUT2D eigenvalue weighted by Crippen LogP contribution is 2.62. The molecule has 0 bridgehead atoms. The lowest BCUT2D eigenvalue weighted by molar-refractivity contribution is 0.487. The molecule has 8 aliphatic rings. The van der Waals surface area contributed by atoms with Crippen molar-refractivity contribution in [2.45, 2.75) is 308 Å². The number of benzene rings is 12. The Morgan fingerprint density at radius 2 is 0.331 bits per heavy atom. The minimum atomic E-state index is -0.927. The molecule has 12 nitrogen and oxygen atoms in total. The van der Waals surface area contributed by atoms with Gasteiger partial charge in [0.1, 0.15) is 22.8 Å². The van der Waals surface area contributed by atoms with E-state index in [9.17, 15) is 0 Å². The maximum absolute atomic E-state index is 4.97. The molecular formula is C129H140N12P4. The zero-order chi connectivity index (χ0) is 96.6. The summed E-state index contributed by atoms with van der Waals surface area (Å²) in [5, 5.41) is 45.9. The van der Waals surface area contributed by atoms with E-state index in [2.05, 4.69) is 316 Å². The first-order chi connectivity index (χ1) is 71.9. The van der Waals surface area contributed by atoms with Crippen LogP contribution in [0.2, 0.25) is 0 Å². The molecule has 8 saturated carbocycles. The SMILES string of the molecule is c1ccc(P(C2CCCCC2)C2CCCCC2)c(-c2ccc(-n3cc(-c4ccc(C(c5ccc(-c6cn(-c7ccc(-c8ccccc8P(C8CCCCC8)C8CCCCC8)cc7)nn6)cc5)(c5ccc(-c6cn(-c7ccc(-c8ccccc8P(C8CCCCC8)C8CCCCC8)cc7)nn6)cc5)c5ccc(-c6cn(-c7ccc(-c8ccccc8P(C8CCCCC8)C8CCCCC8)cc7)nn6)cc5)cc4)nn3)cc2)c1. The van der Waals surface area contributed by atoms with Gasteiger partial charge >= 0.3 is 0 Å². The van der Waals surface area contributed by atoms with Gasteiger partial charge in [-0.2, -0.15) is 0 Å². The molecule has 0 amide bonds. The van der Waals surface area contributed by atoms with Gasteiger partial charge in [0.2, 0.25) is 0 Å². The van der Waals surface area contributed by atoms with Gasteiger partial charge in [0.25, 0.3) is 0 Å². The van der Waals surface area contributed by atoms with Crippen molar-refractivity contribution < 1.29 is 0 Å². The largest absolute Gasteiger partial charge is 0.220 e. The summed E-state index contributed by atoms with van der Waals surface area (Å²) in [6, 6.07) is 111. The molecule has 16 heteroatoms. The summed E-state index contributed by atoms with van der Waals surface area (Å²) < 4.78 is 7.79. The van der Waals surface area contributed by atoms with Crippen molar-refractivity contribution in [2.75, 3.05) is 0 Å². The second-order valence-electron chi connectivity index (χ2n) is 43.5. The summed E-state index contributed by atoms with van der Waals surface area (Å²) in [5.41, 5.74) is 31.7. The maximum Gasteiger partial charge on any atom is 0.113 e. The summed E-state index contributed by atoms with van der Waals surface area (Å²) >= 11 is 0. The molecule has 0 saturated heterocycles. The third-order valence-corrected chi connectivity index (χ3v) is 48.9. The lowest BCUT2D eigenvalue weighted by Crippen LogP contribution is -2.31. The van der Waals surface area contributed by atoms with E-state index >= 15 is 0 Å². The lowest BCUT2D eigenvalue weighted by Gasteiger charge is -2.39. The van der Waals surface area contributed by atoms with Gasteiger partial charge in [-0.1, -0.05) is 449 Å². The van der Waals surface area contributed by atoms with Crippen molar-refractivity contribution in [2.24, 2.45) is 0 Å². The molecule has 8 fully saturated rings. The first-order valence-electron chi connectivity index (χ1n) is 55.9. The van der Waals surface area contributed by atoms with Gasteiger partial charge in [0, 0.05) is 22.3 Å². The van der Waals surface area contributed by atoms with Crippen LogP contribution in [-0.4, -0.2) is 105 Å². The van der Waals surface area contributed by atoms with Gasteiger partial charge in [-0.15, -0.1) is 20.4 Å². The smallest absolute Gasteiger partial charge is 0.113 e. The van der Waals surface area contributed by atoms with Crippen LogP contribution < -0.4 is 21.2 Å². The second kappa shape index (κ2) is 44.9. The molecule has 0 spiro atoms. The van der Waals surface area contributed by atoms with Crippen LogP contribution in [0.25, 0.3) is 112 Å². The molecule has 145 heavy (non-hydrogen) atoms. The fourth-order valence-electron chi connectivity index (χ4n) is 27.2. The van der Waals surface area contributed by atoms with Crippen molar-refractivity contribution in [1.82, 2.24) is 60.0 Å². The van der Waals surface area contributed by atoms with E-state index < -0.39 is 5.41 Å². The maximum atomic E-state index is 4.97. The number of nitrogens with zero attached hydrogens (tertiary/aromatic N) is 12. The summed E-state index contributed by atoms with van der Waals surface area (Å²) in [4.78, 5) is 0. The van der Waals surface area contributed by atoms with Crippen LogP contribution in [0.4, 0.5) is 0 Å². The van der Waals surface area contributed by atoms with E-state index in [0.29, 0.717) is 0 Å². The number of aromatic nitrogens is 12. The highest BCUT2D eigenvalue weighted by molar-refractivity contribution is 7.68. The third kappa shape index (κ3) is 20.6. The van der Waals surface area contributed by atoms with Gasteiger partial charge < -0.3 is 0 Å². The minimum absolute atomic E-state index is 0.284. The molecule has 0 N–H and O–H groups in total. The zero-order valence-electron chi connectivity index (χ0n) is 84.6. The molecular weight excluding hydrogens is 1840 g/mol. The Kier molecular flexibility index (Phi) is 29.8. The highest BCUT2D eigenvalue weighted by atomic mass is 31.1. The average Bonchev–Trinajstić information content (AvgIpc) is 1.41. The number of rotatable bonds is 28. The Hall–Kier alpha value is -11.1.